The molecule has 0 unspecified atom stereocenters. The minimum Gasteiger partial charge on any atom is -0.481 e. The summed E-state index contributed by atoms with van der Waals surface area (Å²) in [5.41, 5.74) is -0.613. The maximum atomic E-state index is 13.4. The van der Waals surface area contributed by atoms with Crippen molar-refractivity contribution in [2.24, 2.45) is 5.92 Å². The number of hydrogen-bond donors (Lipinski definition) is 3. The van der Waals surface area contributed by atoms with Crippen LogP contribution in [0, 0.1) is 23.4 Å². The monoisotopic (exact) mass is 302 g/mol. The molecule has 0 spiro atoms. The number of nitrogens with one attached hydrogen (secondary N) is 2. The quantitative estimate of drug-likeness (QED) is 0.751. The summed E-state index contributed by atoms with van der Waals surface area (Å²) in [6, 6.07) is -0.179. The van der Waals surface area contributed by atoms with Crippen LogP contribution in [0.15, 0.2) is 12.1 Å². The van der Waals surface area contributed by atoms with Crippen LogP contribution >= 0.6 is 0 Å². The molecule has 2 atom stereocenters. The topological polar surface area (TPSA) is 78.4 Å². The number of amides is 2. The minimum absolute atomic E-state index is 0.267. The summed E-state index contributed by atoms with van der Waals surface area (Å²) in [5, 5.41) is 13.3. The number of hydrogen-bond acceptors (Lipinski definition) is 2. The molecule has 0 heterocycles. The van der Waals surface area contributed by atoms with Gasteiger partial charge in [-0.2, -0.15) is 0 Å². The highest BCUT2D eigenvalue weighted by atomic mass is 19.2. The van der Waals surface area contributed by atoms with Gasteiger partial charge in [-0.25, -0.2) is 18.0 Å². The van der Waals surface area contributed by atoms with Crippen molar-refractivity contribution in [3.05, 3.63) is 29.6 Å². The summed E-state index contributed by atoms with van der Waals surface area (Å²) in [4.78, 5) is 22.4. The smallest absolute Gasteiger partial charge is 0.319 e. The Labute approximate surface area is 118 Å². The lowest BCUT2D eigenvalue weighted by Gasteiger charge is -2.14. The van der Waals surface area contributed by atoms with Gasteiger partial charge in [0.2, 0.25) is 0 Å². The van der Waals surface area contributed by atoms with E-state index >= 15 is 0 Å². The Morgan fingerprint density at radius 3 is 2.52 bits per heavy atom. The van der Waals surface area contributed by atoms with Crippen LogP contribution in [0.3, 0.4) is 0 Å². The SMILES string of the molecule is O=C(Nc1cc(F)cc(F)c1F)N[C@H]1CC[C@@H](C(=O)O)C1. The molecule has 8 heteroatoms. The molecule has 1 aromatic carbocycles. The number of anilines is 1. The van der Waals surface area contributed by atoms with Crippen LogP contribution in [0.2, 0.25) is 0 Å². The first-order chi connectivity index (χ1) is 9.86. The van der Waals surface area contributed by atoms with Crippen molar-refractivity contribution >= 4 is 17.7 Å². The molecule has 2 amide bonds. The van der Waals surface area contributed by atoms with E-state index in [0.29, 0.717) is 25.0 Å². The molecule has 21 heavy (non-hydrogen) atoms. The third-order valence-electron chi connectivity index (χ3n) is 3.36. The highest BCUT2D eigenvalue weighted by Crippen LogP contribution is 2.26. The molecule has 0 aromatic heterocycles. The van der Waals surface area contributed by atoms with Crippen molar-refractivity contribution in [3.63, 3.8) is 0 Å². The van der Waals surface area contributed by atoms with Gasteiger partial charge in [-0.3, -0.25) is 4.79 Å². The van der Waals surface area contributed by atoms with E-state index < -0.39 is 41.1 Å². The summed E-state index contributed by atoms with van der Waals surface area (Å²) in [6.07, 6.45) is 1.18. The first kappa shape index (κ1) is 15.1. The first-order valence-corrected chi connectivity index (χ1v) is 6.31. The molecule has 1 aliphatic rings. The summed E-state index contributed by atoms with van der Waals surface area (Å²) in [5.74, 6) is -5.24. The number of benzene rings is 1. The van der Waals surface area contributed by atoms with Crippen LogP contribution in [-0.4, -0.2) is 23.1 Å². The molecule has 1 saturated carbocycles. The minimum atomic E-state index is -1.41. The molecule has 1 aliphatic carbocycles. The van der Waals surface area contributed by atoms with Gasteiger partial charge in [0.15, 0.2) is 11.6 Å². The predicted octanol–water partition coefficient (Wildman–Crippen LogP) is 2.48. The number of carboxylic acids is 1. The zero-order valence-corrected chi connectivity index (χ0v) is 10.8. The van der Waals surface area contributed by atoms with Gasteiger partial charge in [-0.1, -0.05) is 0 Å². The van der Waals surface area contributed by atoms with E-state index in [1.54, 1.807) is 0 Å². The molecule has 2 rings (SSSR count). The van der Waals surface area contributed by atoms with E-state index in [1.807, 2.05) is 5.32 Å². The first-order valence-electron chi connectivity index (χ1n) is 6.31. The number of carboxylic acid groups (broad SMARTS) is 1. The van der Waals surface area contributed by atoms with Gasteiger partial charge in [0, 0.05) is 18.2 Å². The Bertz CT molecular complexity index is 580. The average molecular weight is 302 g/mol. The third-order valence-corrected chi connectivity index (χ3v) is 3.36. The Morgan fingerprint density at radius 1 is 1.19 bits per heavy atom. The van der Waals surface area contributed by atoms with Crippen molar-refractivity contribution in [1.29, 1.82) is 0 Å². The molecule has 1 fully saturated rings. The number of carbonyl (C=O) groups excluding carboxylic acids is 1. The standard InChI is InChI=1S/C13H13F3N2O3/c14-7-4-9(15)11(16)10(5-7)18-13(21)17-8-2-1-6(3-8)12(19)20/h4-6,8H,1-3H2,(H,19,20)(H2,17,18,21)/t6-,8+/m1/s1. The Morgan fingerprint density at radius 2 is 1.90 bits per heavy atom. The second kappa shape index (κ2) is 6.02. The zero-order valence-electron chi connectivity index (χ0n) is 10.8. The zero-order chi connectivity index (χ0) is 15.6. The Balaban J connectivity index is 1.95. The number of rotatable bonds is 3. The maximum absolute atomic E-state index is 13.4. The van der Waals surface area contributed by atoms with E-state index in [0.717, 1.165) is 0 Å². The van der Waals surface area contributed by atoms with Gasteiger partial charge in [-0.05, 0) is 19.3 Å². The third kappa shape index (κ3) is 3.65. The number of aliphatic carboxylic acids is 1. The second-order valence-corrected chi connectivity index (χ2v) is 4.89. The normalized spacial score (nSPS) is 21.1. The summed E-state index contributed by atoms with van der Waals surface area (Å²) < 4.78 is 39.3. The van der Waals surface area contributed by atoms with Crippen LogP contribution < -0.4 is 10.6 Å². The van der Waals surface area contributed by atoms with Crippen molar-refractivity contribution in [3.8, 4) is 0 Å². The average Bonchev–Trinajstić information content (AvgIpc) is 2.83. The Kier molecular flexibility index (Phi) is 4.35. The molecule has 0 saturated heterocycles. The van der Waals surface area contributed by atoms with Crippen LogP contribution in [0.25, 0.3) is 0 Å². The fraction of sp³-hybridized carbons (Fsp3) is 0.385. The predicted molar refractivity (Wildman–Crippen MR) is 67.2 cm³/mol. The highest BCUT2D eigenvalue weighted by molar-refractivity contribution is 5.89. The highest BCUT2D eigenvalue weighted by Gasteiger charge is 2.30. The van der Waals surface area contributed by atoms with Gasteiger partial charge in [0.05, 0.1) is 11.6 Å². The maximum Gasteiger partial charge on any atom is 0.319 e. The molecule has 3 N–H and O–H groups in total. The molecule has 0 bridgehead atoms. The van der Waals surface area contributed by atoms with Gasteiger partial charge in [0.25, 0.3) is 0 Å². The molecule has 0 aliphatic heterocycles. The fourth-order valence-electron chi connectivity index (χ4n) is 2.33. The molecule has 0 radical (unpaired) electrons. The lowest BCUT2D eigenvalue weighted by Crippen LogP contribution is -2.37. The van der Waals surface area contributed by atoms with Crippen LogP contribution in [-0.2, 0) is 4.79 Å². The number of halogens is 3. The lowest BCUT2D eigenvalue weighted by molar-refractivity contribution is -0.141. The van der Waals surface area contributed by atoms with Crippen LogP contribution in [0.1, 0.15) is 19.3 Å². The van der Waals surface area contributed by atoms with Crippen molar-refractivity contribution in [2.75, 3.05) is 5.32 Å². The van der Waals surface area contributed by atoms with Crippen molar-refractivity contribution < 1.29 is 27.9 Å². The lowest BCUT2D eigenvalue weighted by atomic mass is 10.1. The van der Waals surface area contributed by atoms with E-state index in [9.17, 15) is 22.8 Å². The largest absolute Gasteiger partial charge is 0.481 e. The van der Waals surface area contributed by atoms with Gasteiger partial charge < -0.3 is 15.7 Å². The molecular formula is C13H13F3N2O3. The number of urea groups is 1. The van der Waals surface area contributed by atoms with E-state index in [2.05, 4.69) is 5.32 Å². The van der Waals surface area contributed by atoms with E-state index in [1.165, 1.54) is 0 Å². The molecular weight excluding hydrogens is 289 g/mol. The van der Waals surface area contributed by atoms with Gasteiger partial charge in [0.1, 0.15) is 5.82 Å². The van der Waals surface area contributed by atoms with Crippen molar-refractivity contribution in [1.82, 2.24) is 5.32 Å². The van der Waals surface area contributed by atoms with E-state index in [-0.39, 0.29) is 12.5 Å². The van der Waals surface area contributed by atoms with Crippen molar-refractivity contribution in [2.45, 2.75) is 25.3 Å². The summed E-state index contributed by atoms with van der Waals surface area (Å²) in [6.45, 7) is 0. The molecule has 5 nitrogen and oxygen atoms in total. The van der Waals surface area contributed by atoms with Crippen LogP contribution in [0.5, 0.6) is 0 Å². The van der Waals surface area contributed by atoms with E-state index in [4.69, 9.17) is 5.11 Å². The van der Waals surface area contributed by atoms with Crippen LogP contribution in [0.4, 0.5) is 23.7 Å². The number of carbonyl (C=O) groups is 2. The second-order valence-electron chi connectivity index (χ2n) is 4.89. The molecule has 114 valence electrons. The van der Waals surface area contributed by atoms with Gasteiger partial charge >= 0.3 is 12.0 Å². The summed E-state index contributed by atoms with van der Waals surface area (Å²) in [7, 11) is 0. The molecule has 1 aromatic rings. The Hall–Kier alpha value is -2.25. The summed E-state index contributed by atoms with van der Waals surface area (Å²) >= 11 is 0. The fourth-order valence-corrected chi connectivity index (χ4v) is 2.33. The van der Waals surface area contributed by atoms with Gasteiger partial charge in [-0.15, -0.1) is 0 Å².